The third kappa shape index (κ3) is 10.1. The molecule has 13 nitrogen and oxygen atoms in total. The van der Waals surface area contributed by atoms with E-state index in [2.05, 4.69) is 26.6 Å². The number of rotatable bonds is 11. The van der Waals surface area contributed by atoms with Gasteiger partial charge in [0.2, 0.25) is 17.7 Å². The highest BCUT2D eigenvalue weighted by atomic mass is 35.5. The first kappa shape index (κ1) is 35.6. The number of hydrogen-bond acceptors (Lipinski definition) is 8. The molecule has 2 aliphatic rings. The SMILES string of the molecule is CC(NC(=O)OC(C)(C)C)C(=O)NCSCCc1ccc(NC(=O)NCc2ccc3c(c2)CN(C2CCC(=O)NC2=O)C3=O)cc1Cl. The second kappa shape index (κ2) is 15.5. The Balaban J connectivity index is 1.17. The minimum atomic E-state index is -0.742. The van der Waals surface area contributed by atoms with Crippen LogP contribution in [0.3, 0.4) is 0 Å². The number of imide groups is 1. The molecule has 2 aromatic rings. The number of anilines is 1. The molecule has 0 aliphatic carbocycles. The average molecular weight is 687 g/mol. The van der Waals surface area contributed by atoms with E-state index >= 15 is 0 Å². The normalized spacial score (nSPS) is 16.6. The Morgan fingerprint density at radius 1 is 1.11 bits per heavy atom. The molecular formula is C32H39ClN6O7S. The molecule has 7 amide bonds. The van der Waals surface area contributed by atoms with Gasteiger partial charge in [0.1, 0.15) is 17.7 Å². The van der Waals surface area contributed by atoms with Crippen LogP contribution < -0.4 is 26.6 Å². The highest BCUT2D eigenvalue weighted by Crippen LogP contribution is 2.28. The van der Waals surface area contributed by atoms with Gasteiger partial charge < -0.3 is 30.9 Å². The molecule has 2 heterocycles. The number of amides is 7. The minimum absolute atomic E-state index is 0.188. The molecule has 0 aromatic heterocycles. The predicted octanol–water partition coefficient (Wildman–Crippen LogP) is 3.69. The fourth-order valence-electron chi connectivity index (χ4n) is 5.00. The third-order valence-corrected chi connectivity index (χ3v) is 8.54. The van der Waals surface area contributed by atoms with Crippen LogP contribution in [-0.4, -0.2) is 70.0 Å². The van der Waals surface area contributed by atoms with Crippen molar-refractivity contribution in [2.45, 2.75) is 77.7 Å². The highest BCUT2D eigenvalue weighted by Gasteiger charge is 2.39. The Bertz CT molecular complexity index is 1560. The van der Waals surface area contributed by atoms with E-state index in [1.165, 1.54) is 16.7 Å². The van der Waals surface area contributed by atoms with E-state index in [-0.39, 0.29) is 37.2 Å². The fraction of sp³-hybridized carbons (Fsp3) is 0.438. The van der Waals surface area contributed by atoms with Gasteiger partial charge in [-0.3, -0.25) is 24.5 Å². The number of urea groups is 1. The molecule has 1 saturated heterocycles. The summed E-state index contributed by atoms with van der Waals surface area (Å²) in [6, 6.07) is 8.65. The lowest BCUT2D eigenvalue weighted by Crippen LogP contribution is -2.52. The maximum Gasteiger partial charge on any atom is 0.408 e. The van der Waals surface area contributed by atoms with E-state index < -0.39 is 35.7 Å². The van der Waals surface area contributed by atoms with Crippen molar-refractivity contribution in [3.8, 4) is 0 Å². The summed E-state index contributed by atoms with van der Waals surface area (Å²) in [6.45, 7) is 7.28. The summed E-state index contributed by atoms with van der Waals surface area (Å²) in [6.07, 6.45) is 0.462. The van der Waals surface area contributed by atoms with Crippen LogP contribution in [-0.2, 0) is 38.6 Å². The molecule has 2 atom stereocenters. The van der Waals surface area contributed by atoms with Gasteiger partial charge in [-0.25, -0.2) is 9.59 Å². The predicted molar refractivity (Wildman–Crippen MR) is 178 cm³/mol. The number of aryl methyl sites for hydroxylation is 1. The summed E-state index contributed by atoms with van der Waals surface area (Å²) >= 11 is 7.96. The summed E-state index contributed by atoms with van der Waals surface area (Å²) in [5.74, 6) is -0.337. The van der Waals surface area contributed by atoms with E-state index in [1.54, 1.807) is 52.0 Å². The molecule has 0 radical (unpaired) electrons. The first-order valence-corrected chi connectivity index (χ1v) is 16.7. The number of hydrogen-bond donors (Lipinski definition) is 5. The first-order valence-electron chi connectivity index (χ1n) is 15.1. The van der Waals surface area contributed by atoms with Crippen molar-refractivity contribution in [3.05, 3.63) is 63.7 Å². The molecule has 0 bridgehead atoms. The number of nitrogens with zero attached hydrogens (tertiary/aromatic N) is 1. The Kier molecular flexibility index (Phi) is 11.7. The molecular weight excluding hydrogens is 648 g/mol. The Hall–Kier alpha value is -4.30. The van der Waals surface area contributed by atoms with Crippen molar-refractivity contribution in [1.29, 1.82) is 0 Å². The summed E-state index contributed by atoms with van der Waals surface area (Å²) in [4.78, 5) is 74.8. The van der Waals surface area contributed by atoms with Gasteiger partial charge in [-0.15, -0.1) is 11.8 Å². The molecule has 2 aromatic carbocycles. The lowest BCUT2D eigenvalue weighted by atomic mass is 10.0. The lowest BCUT2D eigenvalue weighted by Gasteiger charge is -2.29. The molecule has 15 heteroatoms. The summed E-state index contributed by atoms with van der Waals surface area (Å²) in [5.41, 5.74) is 2.79. The van der Waals surface area contributed by atoms with E-state index in [9.17, 15) is 28.8 Å². The lowest BCUT2D eigenvalue weighted by molar-refractivity contribution is -0.137. The van der Waals surface area contributed by atoms with E-state index in [0.717, 1.165) is 16.7 Å². The molecule has 1 fully saturated rings. The van der Waals surface area contributed by atoms with Gasteiger partial charge in [0.15, 0.2) is 0 Å². The number of benzene rings is 2. The second-order valence-corrected chi connectivity index (χ2v) is 13.7. The third-order valence-electron chi connectivity index (χ3n) is 7.34. The largest absolute Gasteiger partial charge is 0.444 e. The van der Waals surface area contributed by atoms with Gasteiger partial charge in [0, 0.05) is 35.8 Å². The van der Waals surface area contributed by atoms with Crippen molar-refractivity contribution in [3.63, 3.8) is 0 Å². The van der Waals surface area contributed by atoms with Crippen LogP contribution in [0.1, 0.15) is 67.6 Å². The Morgan fingerprint density at radius 3 is 2.57 bits per heavy atom. The van der Waals surface area contributed by atoms with Crippen LogP contribution in [0.15, 0.2) is 36.4 Å². The zero-order valence-electron chi connectivity index (χ0n) is 26.7. The fourth-order valence-corrected chi connectivity index (χ4v) is 6.03. The zero-order valence-corrected chi connectivity index (χ0v) is 28.2. The molecule has 0 saturated carbocycles. The molecule has 5 N–H and O–H groups in total. The maximum absolute atomic E-state index is 12.9. The van der Waals surface area contributed by atoms with Gasteiger partial charge in [0.25, 0.3) is 5.91 Å². The van der Waals surface area contributed by atoms with Crippen molar-refractivity contribution < 1.29 is 33.5 Å². The van der Waals surface area contributed by atoms with Gasteiger partial charge in [-0.05, 0) is 81.2 Å². The number of piperidine rings is 1. The van der Waals surface area contributed by atoms with Gasteiger partial charge in [-0.2, -0.15) is 0 Å². The number of carbonyl (C=O) groups is 6. The van der Waals surface area contributed by atoms with Crippen molar-refractivity contribution >= 4 is 64.8 Å². The number of fused-ring (bicyclic) bond motifs is 1. The van der Waals surface area contributed by atoms with E-state index in [1.807, 2.05) is 12.1 Å². The van der Waals surface area contributed by atoms with Crippen LogP contribution in [0.2, 0.25) is 5.02 Å². The molecule has 2 aliphatic heterocycles. The molecule has 4 rings (SSSR count). The second-order valence-electron chi connectivity index (χ2n) is 12.2. The summed E-state index contributed by atoms with van der Waals surface area (Å²) in [5, 5.41) is 13.6. The van der Waals surface area contributed by atoms with Crippen LogP contribution in [0, 0.1) is 0 Å². The smallest absolute Gasteiger partial charge is 0.408 e. The minimum Gasteiger partial charge on any atom is -0.444 e. The van der Waals surface area contributed by atoms with Crippen LogP contribution in [0.25, 0.3) is 0 Å². The number of halogens is 1. The molecule has 47 heavy (non-hydrogen) atoms. The number of thioether (sulfide) groups is 1. The number of carbonyl (C=O) groups excluding carboxylic acids is 6. The van der Waals surface area contributed by atoms with Crippen molar-refractivity contribution in [1.82, 2.24) is 26.2 Å². The molecule has 2 unspecified atom stereocenters. The van der Waals surface area contributed by atoms with Crippen molar-refractivity contribution in [2.24, 2.45) is 0 Å². The highest BCUT2D eigenvalue weighted by molar-refractivity contribution is 7.99. The quantitative estimate of drug-likeness (QED) is 0.135. The van der Waals surface area contributed by atoms with Crippen molar-refractivity contribution in [2.75, 3.05) is 16.9 Å². The van der Waals surface area contributed by atoms with Crippen LogP contribution in [0.4, 0.5) is 15.3 Å². The summed E-state index contributed by atoms with van der Waals surface area (Å²) < 4.78 is 5.16. The monoisotopic (exact) mass is 686 g/mol. The molecule has 0 spiro atoms. The maximum atomic E-state index is 12.9. The summed E-state index contributed by atoms with van der Waals surface area (Å²) in [7, 11) is 0. The van der Waals surface area contributed by atoms with Crippen LogP contribution >= 0.6 is 23.4 Å². The number of ether oxygens (including phenoxy) is 1. The van der Waals surface area contributed by atoms with E-state index in [0.29, 0.717) is 40.7 Å². The van der Waals surface area contributed by atoms with Crippen LogP contribution in [0.5, 0.6) is 0 Å². The standard InChI is InChI=1S/C32H39ClN6O7S/c1-18(36-31(45)46-32(2,3)4)27(41)35-17-47-12-11-20-6-7-22(14-24(20)33)37-30(44)34-15-19-5-8-23-21(13-19)16-39(29(23)43)25-9-10-26(40)38-28(25)42/h5-8,13-14,18,25H,9-12,15-17H2,1-4H3,(H,35,41)(H,36,45)(H2,34,37,44)(H,38,40,42). The Morgan fingerprint density at radius 2 is 1.87 bits per heavy atom. The van der Waals surface area contributed by atoms with E-state index in [4.69, 9.17) is 16.3 Å². The number of alkyl carbamates (subject to hydrolysis) is 1. The van der Waals surface area contributed by atoms with Gasteiger partial charge in [0.05, 0.1) is 5.88 Å². The number of nitrogens with one attached hydrogen (secondary N) is 5. The van der Waals surface area contributed by atoms with Gasteiger partial charge >= 0.3 is 12.1 Å². The van der Waals surface area contributed by atoms with Gasteiger partial charge in [-0.1, -0.05) is 29.8 Å². The zero-order chi connectivity index (χ0) is 34.3. The molecule has 252 valence electrons. The first-order chi connectivity index (χ1) is 22.2. The Labute approximate surface area is 282 Å². The average Bonchev–Trinajstić information content (AvgIpc) is 3.30. The topological polar surface area (TPSA) is 175 Å².